The third kappa shape index (κ3) is 2.57. The van der Waals surface area contributed by atoms with Gasteiger partial charge < -0.3 is 24.8 Å². The number of esters is 1. The fraction of sp³-hybridized carbons (Fsp3) is 0.333. The molecule has 7 heteroatoms. The highest BCUT2D eigenvalue weighted by Gasteiger charge is 2.35. The Hall–Kier alpha value is -2.70. The number of methoxy groups -OCH3 is 2. The van der Waals surface area contributed by atoms with Crippen molar-refractivity contribution in [2.24, 2.45) is 0 Å². The Labute approximate surface area is 128 Å². The zero-order chi connectivity index (χ0) is 16.4. The van der Waals surface area contributed by atoms with Crippen molar-refractivity contribution in [1.29, 1.82) is 0 Å². The van der Waals surface area contributed by atoms with Gasteiger partial charge in [-0.05, 0) is 24.6 Å². The highest BCUT2D eigenvalue weighted by molar-refractivity contribution is 5.94. The van der Waals surface area contributed by atoms with Crippen LogP contribution in [0.15, 0.2) is 29.5 Å². The van der Waals surface area contributed by atoms with Crippen molar-refractivity contribution in [2.75, 3.05) is 21.3 Å². The summed E-state index contributed by atoms with van der Waals surface area (Å²) in [5.74, 6) is -0.292. The number of allylic oxidation sites excluding steroid dienone is 1. The molecule has 0 spiro atoms. The quantitative estimate of drug-likeness (QED) is 0.827. The van der Waals surface area contributed by atoms with Gasteiger partial charge in [0, 0.05) is 12.7 Å². The number of carbonyl (C=O) groups excluding carboxylic acids is 2. The predicted molar refractivity (Wildman–Crippen MR) is 78.4 cm³/mol. The monoisotopic (exact) mass is 306 g/mol. The van der Waals surface area contributed by atoms with E-state index in [1.165, 1.54) is 25.2 Å². The van der Waals surface area contributed by atoms with Gasteiger partial charge in [0.2, 0.25) is 0 Å². The first kappa shape index (κ1) is 15.7. The van der Waals surface area contributed by atoms with Crippen molar-refractivity contribution < 1.29 is 24.2 Å². The van der Waals surface area contributed by atoms with Gasteiger partial charge in [-0.2, -0.15) is 0 Å². The maximum absolute atomic E-state index is 12.1. The number of benzene rings is 1. The summed E-state index contributed by atoms with van der Waals surface area (Å²) in [5, 5.41) is 12.4. The molecule has 1 aromatic carbocycles. The van der Waals surface area contributed by atoms with Crippen LogP contribution in [-0.4, -0.2) is 43.3 Å². The largest absolute Gasteiger partial charge is 0.504 e. The Bertz CT molecular complexity index is 653. The molecule has 0 saturated carbocycles. The van der Waals surface area contributed by atoms with E-state index in [0.29, 0.717) is 16.8 Å². The van der Waals surface area contributed by atoms with Crippen LogP contribution in [0.1, 0.15) is 18.5 Å². The Balaban J connectivity index is 2.56. The Morgan fingerprint density at radius 2 is 2.05 bits per heavy atom. The topological polar surface area (TPSA) is 88.1 Å². The van der Waals surface area contributed by atoms with E-state index in [2.05, 4.69) is 5.32 Å². The van der Waals surface area contributed by atoms with Crippen molar-refractivity contribution in [2.45, 2.75) is 13.0 Å². The fourth-order valence-electron chi connectivity index (χ4n) is 2.33. The summed E-state index contributed by atoms with van der Waals surface area (Å²) in [6.45, 7) is 1.68. The molecule has 2 amide bonds. The highest BCUT2D eigenvalue weighted by Crippen LogP contribution is 2.35. The van der Waals surface area contributed by atoms with Crippen LogP contribution in [0.3, 0.4) is 0 Å². The predicted octanol–water partition coefficient (Wildman–Crippen LogP) is 1.54. The van der Waals surface area contributed by atoms with Gasteiger partial charge in [-0.25, -0.2) is 9.59 Å². The smallest absolute Gasteiger partial charge is 0.337 e. The molecule has 1 atom stereocenters. The first-order chi connectivity index (χ1) is 10.4. The molecule has 0 aliphatic carbocycles. The van der Waals surface area contributed by atoms with Crippen molar-refractivity contribution in [3.05, 3.63) is 35.0 Å². The number of aromatic hydroxyl groups is 1. The molecule has 2 N–H and O–H groups in total. The van der Waals surface area contributed by atoms with Gasteiger partial charge in [0.1, 0.15) is 0 Å². The molecule has 0 radical (unpaired) electrons. The van der Waals surface area contributed by atoms with Crippen molar-refractivity contribution in [3.8, 4) is 11.5 Å². The number of phenols is 1. The maximum Gasteiger partial charge on any atom is 0.337 e. The van der Waals surface area contributed by atoms with E-state index in [9.17, 15) is 14.7 Å². The molecular formula is C15H18N2O5. The van der Waals surface area contributed by atoms with Crippen LogP contribution in [0, 0.1) is 0 Å². The number of ether oxygens (including phenoxy) is 2. The van der Waals surface area contributed by atoms with Crippen LogP contribution in [0.2, 0.25) is 0 Å². The molecule has 1 aliphatic heterocycles. The second-order valence-corrected chi connectivity index (χ2v) is 4.86. The molecular weight excluding hydrogens is 288 g/mol. The van der Waals surface area contributed by atoms with Crippen LogP contribution in [0.25, 0.3) is 0 Å². The number of nitrogens with one attached hydrogen (secondary N) is 1. The highest BCUT2D eigenvalue weighted by atomic mass is 16.5. The summed E-state index contributed by atoms with van der Waals surface area (Å²) in [6, 6.07) is 3.63. The number of amides is 2. The lowest BCUT2D eigenvalue weighted by atomic mass is 9.95. The van der Waals surface area contributed by atoms with Gasteiger partial charge >= 0.3 is 12.0 Å². The average molecular weight is 306 g/mol. The first-order valence-electron chi connectivity index (χ1n) is 6.61. The molecule has 1 aliphatic rings. The second-order valence-electron chi connectivity index (χ2n) is 4.86. The molecule has 2 rings (SSSR count). The summed E-state index contributed by atoms with van der Waals surface area (Å²) in [5.41, 5.74) is 1.45. The van der Waals surface area contributed by atoms with E-state index >= 15 is 0 Å². The lowest BCUT2D eigenvalue weighted by Gasteiger charge is -2.33. The average Bonchev–Trinajstić information content (AvgIpc) is 2.52. The number of phenolic OH excluding ortho intramolecular Hbond substituents is 1. The van der Waals surface area contributed by atoms with Crippen molar-refractivity contribution >= 4 is 12.0 Å². The zero-order valence-corrected chi connectivity index (χ0v) is 12.8. The Morgan fingerprint density at radius 3 is 2.64 bits per heavy atom. The molecule has 0 saturated heterocycles. The molecule has 0 unspecified atom stereocenters. The van der Waals surface area contributed by atoms with Gasteiger partial charge in [-0.15, -0.1) is 0 Å². The Morgan fingerprint density at radius 1 is 1.36 bits per heavy atom. The van der Waals surface area contributed by atoms with E-state index in [4.69, 9.17) is 9.47 Å². The normalized spacial score (nSPS) is 18.1. The van der Waals surface area contributed by atoms with E-state index in [1.54, 1.807) is 26.1 Å². The van der Waals surface area contributed by atoms with Gasteiger partial charge in [0.25, 0.3) is 0 Å². The summed E-state index contributed by atoms with van der Waals surface area (Å²) >= 11 is 0. The van der Waals surface area contributed by atoms with Gasteiger partial charge in [-0.3, -0.25) is 0 Å². The minimum atomic E-state index is -0.675. The minimum absolute atomic E-state index is 0.0224. The van der Waals surface area contributed by atoms with Crippen LogP contribution < -0.4 is 10.1 Å². The number of rotatable bonds is 3. The molecule has 0 aromatic heterocycles. The summed E-state index contributed by atoms with van der Waals surface area (Å²) < 4.78 is 9.89. The maximum atomic E-state index is 12.1. The minimum Gasteiger partial charge on any atom is -0.504 e. The third-order valence-electron chi connectivity index (χ3n) is 3.70. The van der Waals surface area contributed by atoms with Crippen molar-refractivity contribution in [3.63, 3.8) is 0 Å². The molecule has 1 heterocycles. The molecule has 7 nitrogen and oxygen atoms in total. The van der Waals surface area contributed by atoms with Gasteiger partial charge in [-0.1, -0.05) is 6.07 Å². The van der Waals surface area contributed by atoms with Gasteiger partial charge in [0.15, 0.2) is 11.5 Å². The molecule has 0 bridgehead atoms. The molecule has 0 fully saturated rings. The SMILES string of the molecule is COC(=O)C1=C(C)N(C)C(=O)N[C@H]1c1ccc(O)c(OC)c1. The van der Waals surface area contributed by atoms with E-state index < -0.39 is 12.0 Å². The Kier molecular flexibility index (Phi) is 4.25. The standard InChI is InChI=1S/C15H18N2O5/c1-8-12(14(19)22-4)13(16-15(20)17(8)2)9-5-6-10(18)11(7-9)21-3/h5-7,13,18H,1-4H3,(H,16,20)/t13-/m0/s1. The van der Waals surface area contributed by atoms with Crippen LogP contribution in [0.5, 0.6) is 11.5 Å². The van der Waals surface area contributed by atoms with E-state index in [0.717, 1.165) is 0 Å². The number of urea groups is 1. The number of carbonyl (C=O) groups is 2. The van der Waals surface area contributed by atoms with Crippen molar-refractivity contribution in [1.82, 2.24) is 10.2 Å². The van der Waals surface area contributed by atoms with Crippen LogP contribution >= 0.6 is 0 Å². The molecule has 118 valence electrons. The van der Waals surface area contributed by atoms with Gasteiger partial charge in [0.05, 0.1) is 25.8 Å². The van der Waals surface area contributed by atoms with E-state index in [1.807, 2.05) is 0 Å². The number of nitrogens with zero attached hydrogens (tertiary/aromatic N) is 1. The number of hydrogen-bond donors (Lipinski definition) is 2. The van der Waals surface area contributed by atoms with Crippen LogP contribution in [-0.2, 0) is 9.53 Å². The lowest BCUT2D eigenvalue weighted by Crippen LogP contribution is -2.46. The second kappa shape index (κ2) is 5.97. The summed E-state index contributed by atoms with van der Waals surface area (Å²) in [4.78, 5) is 25.5. The molecule has 22 heavy (non-hydrogen) atoms. The third-order valence-corrected chi connectivity index (χ3v) is 3.70. The molecule has 1 aromatic rings. The fourth-order valence-corrected chi connectivity index (χ4v) is 2.33. The summed E-state index contributed by atoms with van der Waals surface area (Å²) in [7, 11) is 4.28. The van der Waals surface area contributed by atoms with E-state index in [-0.39, 0.29) is 17.5 Å². The zero-order valence-electron chi connectivity index (χ0n) is 12.8. The summed E-state index contributed by atoms with van der Waals surface area (Å²) in [6.07, 6.45) is 0. The number of hydrogen-bond acceptors (Lipinski definition) is 5. The lowest BCUT2D eigenvalue weighted by molar-refractivity contribution is -0.136. The first-order valence-corrected chi connectivity index (χ1v) is 6.61. The van der Waals surface area contributed by atoms with Crippen LogP contribution in [0.4, 0.5) is 4.79 Å².